The highest BCUT2D eigenvalue weighted by atomic mass is 32.3. The molecule has 2 aromatic rings. The van der Waals surface area contributed by atoms with Crippen molar-refractivity contribution in [2.45, 2.75) is 27.5 Å². The third-order valence-electron chi connectivity index (χ3n) is 3.88. The molecule has 2 rings (SSSR count). The number of hydrogen-bond acceptors (Lipinski definition) is 5. The van der Waals surface area contributed by atoms with Crippen molar-refractivity contribution < 1.29 is 26.0 Å². The van der Waals surface area contributed by atoms with Crippen LogP contribution in [0.1, 0.15) is 13.3 Å². The summed E-state index contributed by atoms with van der Waals surface area (Å²) in [6.07, 6.45) is -0.255. The van der Waals surface area contributed by atoms with Gasteiger partial charge in [0.1, 0.15) is 6.29 Å². The first-order chi connectivity index (χ1) is 11.7. The molecule has 0 saturated heterocycles. The Morgan fingerprint density at radius 1 is 0.880 bits per heavy atom. The van der Waals surface area contributed by atoms with Crippen molar-refractivity contribution in [1.29, 1.82) is 0 Å². The molecule has 0 aromatic heterocycles. The zero-order chi connectivity index (χ0) is 18.7. The first kappa shape index (κ1) is 19.3. The molecule has 1 atom stereocenters. The summed E-state index contributed by atoms with van der Waals surface area (Å²) in [4.78, 5) is 9.91. The van der Waals surface area contributed by atoms with Crippen molar-refractivity contribution in [1.82, 2.24) is 0 Å². The van der Waals surface area contributed by atoms with Crippen LogP contribution in [0.5, 0.6) is 0 Å². The summed E-state index contributed by atoms with van der Waals surface area (Å²) in [6, 6.07) is 13.0. The maximum atomic E-state index is 16.0. The highest BCUT2D eigenvalue weighted by molar-refractivity contribution is 8.10. The number of hydrogen-bond donors (Lipinski definition) is 0. The van der Waals surface area contributed by atoms with E-state index in [-0.39, 0.29) is 0 Å². The SMILES string of the molecule is C[C@H](CC=O)C(F)(S(=O)(=O)c1ccccc1)S(=O)(=O)c1ccccc1. The van der Waals surface area contributed by atoms with Crippen molar-refractivity contribution in [2.24, 2.45) is 5.92 Å². The lowest BCUT2D eigenvalue weighted by atomic mass is 10.1. The number of rotatable bonds is 7. The first-order valence-electron chi connectivity index (χ1n) is 7.41. The third-order valence-corrected chi connectivity index (χ3v) is 9.25. The number of sulfone groups is 2. The second kappa shape index (κ2) is 7.05. The monoisotopic (exact) mass is 384 g/mol. The molecular weight excluding hydrogens is 367 g/mol. The van der Waals surface area contributed by atoms with Gasteiger partial charge in [-0.3, -0.25) is 0 Å². The fourth-order valence-corrected chi connectivity index (χ4v) is 7.14. The van der Waals surface area contributed by atoms with E-state index in [1.807, 2.05) is 0 Å². The van der Waals surface area contributed by atoms with Crippen molar-refractivity contribution in [3.63, 3.8) is 0 Å². The Labute approximate surface area is 146 Å². The van der Waals surface area contributed by atoms with Crippen LogP contribution in [0.15, 0.2) is 70.5 Å². The summed E-state index contributed by atoms with van der Waals surface area (Å²) in [5, 5.41) is 0. The minimum absolute atomic E-state index is 0.306. The maximum absolute atomic E-state index is 16.0. The van der Waals surface area contributed by atoms with Gasteiger partial charge >= 0.3 is 4.33 Å². The maximum Gasteiger partial charge on any atom is 0.320 e. The summed E-state index contributed by atoms with van der Waals surface area (Å²) in [7, 11) is -9.88. The Kier molecular flexibility index (Phi) is 5.43. The molecule has 25 heavy (non-hydrogen) atoms. The van der Waals surface area contributed by atoms with Crippen LogP contribution < -0.4 is 0 Å². The molecule has 0 aliphatic carbocycles. The van der Waals surface area contributed by atoms with Crippen LogP contribution >= 0.6 is 0 Å². The van der Waals surface area contributed by atoms with Gasteiger partial charge in [-0.1, -0.05) is 43.3 Å². The van der Waals surface area contributed by atoms with E-state index in [0.717, 1.165) is 31.2 Å². The summed E-state index contributed by atoms with van der Waals surface area (Å²) in [6.45, 7) is 1.09. The Hall–Kier alpha value is -2.06. The minimum Gasteiger partial charge on any atom is -0.303 e. The summed E-state index contributed by atoms with van der Waals surface area (Å²) >= 11 is 0. The number of benzene rings is 2. The summed E-state index contributed by atoms with van der Waals surface area (Å²) in [5.74, 6) is -1.60. The number of carbonyl (C=O) groups is 1. The van der Waals surface area contributed by atoms with Gasteiger partial charge < -0.3 is 4.79 Å². The van der Waals surface area contributed by atoms with E-state index in [1.54, 1.807) is 0 Å². The molecule has 0 bridgehead atoms. The second-order valence-electron chi connectivity index (χ2n) is 5.52. The molecule has 134 valence electrons. The van der Waals surface area contributed by atoms with Gasteiger partial charge in [-0.25, -0.2) is 21.2 Å². The molecule has 8 heteroatoms. The lowest BCUT2D eigenvalue weighted by Crippen LogP contribution is -2.47. The molecule has 0 N–H and O–H groups in total. The highest BCUT2D eigenvalue weighted by Gasteiger charge is 2.60. The van der Waals surface area contributed by atoms with Crippen LogP contribution in [0, 0.1) is 5.92 Å². The molecule has 0 aliphatic rings. The number of carbonyl (C=O) groups excluding carboxylic acids is 1. The van der Waals surface area contributed by atoms with E-state index in [4.69, 9.17) is 0 Å². The molecule has 0 unspecified atom stereocenters. The molecule has 0 radical (unpaired) electrons. The van der Waals surface area contributed by atoms with Gasteiger partial charge in [0.15, 0.2) is 0 Å². The standard InChI is InChI=1S/C17H17FO5S2/c1-14(12-13-19)17(18,24(20,21)15-8-4-2-5-9-15)25(22,23)16-10-6-3-7-11-16/h2-11,13-14H,12H2,1H3/t14-/m1/s1. The average Bonchev–Trinajstić information content (AvgIpc) is 2.62. The van der Waals surface area contributed by atoms with Crippen LogP contribution in [-0.4, -0.2) is 27.5 Å². The fraction of sp³-hybridized carbons (Fsp3) is 0.235. The van der Waals surface area contributed by atoms with E-state index < -0.39 is 46.1 Å². The molecule has 0 saturated carbocycles. The molecule has 5 nitrogen and oxygen atoms in total. The Bertz CT molecular complexity index is 870. The van der Waals surface area contributed by atoms with Gasteiger partial charge in [0.25, 0.3) is 0 Å². The molecule has 0 spiro atoms. The summed E-state index contributed by atoms with van der Waals surface area (Å²) < 4.78 is 64.0. The predicted octanol–water partition coefficient (Wildman–Crippen LogP) is 2.78. The van der Waals surface area contributed by atoms with E-state index in [0.29, 0.717) is 6.29 Å². The number of alkyl halides is 1. The largest absolute Gasteiger partial charge is 0.320 e. The van der Waals surface area contributed by atoms with Gasteiger partial charge in [0.2, 0.25) is 19.7 Å². The molecule has 0 amide bonds. The summed E-state index contributed by atoms with van der Waals surface area (Å²) in [5.41, 5.74) is 0. The highest BCUT2D eigenvalue weighted by Crippen LogP contribution is 2.43. The Morgan fingerprint density at radius 2 is 1.24 bits per heavy atom. The lowest BCUT2D eigenvalue weighted by Gasteiger charge is -2.30. The van der Waals surface area contributed by atoms with Crippen molar-refractivity contribution in [3.8, 4) is 0 Å². The zero-order valence-electron chi connectivity index (χ0n) is 13.4. The molecular formula is C17H17FO5S2. The van der Waals surface area contributed by atoms with E-state index in [2.05, 4.69) is 0 Å². The minimum atomic E-state index is -4.94. The normalized spacial score (nSPS) is 14.0. The zero-order valence-corrected chi connectivity index (χ0v) is 15.0. The van der Waals surface area contributed by atoms with Crippen LogP contribution in [0.25, 0.3) is 0 Å². The Balaban J connectivity index is 2.78. The fourth-order valence-electron chi connectivity index (χ4n) is 2.48. The van der Waals surface area contributed by atoms with Crippen LogP contribution in [0.2, 0.25) is 0 Å². The van der Waals surface area contributed by atoms with Gasteiger partial charge in [0.05, 0.1) is 9.79 Å². The van der Waals surface area contributed by atoms with Gasteiger partial charge in [-0.2, -0.15) is 0 Å². The van der Waals surface area contributed by atoms with E-state index in [9.17, 15) is 21.6 Å². The van der Waals surface area contributed by atoms with Crippen LogP contribution in [0.4, 0.5) is 4.39 Å². The molecule has 0 aliphatic heterocycles. The van der Waals surface area contributed by atoms with Gasteiger partial charge in [-0.15, -0.1) is 0 Å². The lowest BCUT2D eigenvalue weighted by molar-refractivity contribution is -0.108. The third kappa shape index (κ3) is 3.11. The van der Waals surface area contributed by atoms with Crippen molar-refractivity contribution >= 4 is 26.0 Å². The van der Waals surface area contributed by atoms with Crippen LogP contribution in [0.3, 0.4) is 0 Å². The van der Waals surface area contributed by atoms with Crippen molar-refractivity contribution in [2.75, 3.05) is 0 Å². The first-order valence-corrected chi connectivity index (χ1v) is 10.4. The average molecular weight is 384 g/mol. The molecule has 2 aromatic carbocycles. The number of aldehydes is 1. The Morgan fingerprint density at radius 3 is 1.56 bits per heavy atom. The van der Waals surface area contributed by atoms with Crippen molar-refractivity contribution in [3.05, 3.63) is 60.7 Å². The topological polar surface area (TPSA) is 85.3 Å². The predicted molar refractivity (Wildman–Crippen MR) is 90.9 cm³/mol. The molecule has 0 fully saturated rings. The van der Waals surface area contributed by atoms with Gasteiger partial charge in [0, 0.05) is 12.3 Å². The number of halogens is 1. The van der Waals surface area contributed by atoms with E-state index in [1.165, 1.54) is 36.4 Å². The van der Waals surface area contributed by atoms with Crippen LogP contribution in [-0.2, 0) is 24.5 Å². The second-order valence-corrected chi connectivity index (χ2v) is 9.92. The quantitative estimate of drug-likeness (QED) is 0.685. The van der Waals surface area contributed by atoms with E-state index >= 15 is 4.39 Å². The molecule has 0 heterocycles. The smallest absolute Gasteiger partial charge is 0.303 e. The van der Waals surface area contributed by atoms with Gasteiger partial charge in [-0.05, 0) is 24.3 Å².